The van der Waals surface area contributed by atoms with Gasteiger partial charge in [0.25, 0.3) is 5.91 Å². The molecule has 0 spiro atoms. The summed E-state index contributed by atoms with van der Waals surface area (Å²) in [4.78, 5) is 29.0. The lowest BCUT2D eigenvalue weighted by Gasteiger charge is -2.03. The second-order valence-electron chi connectivity index (χ2n) is 5.97. The summed E-state index contributed by atoms with van der Waals surface area (Å²) in [5.41, 5.74) is 2.32. The molecule has 4 rings (SSSR count). The Morgan fingerprint density at radius 3 is 2.92 bits per heavy atom. The molecule has 0 atom stereocenters. The molecule has 4 aromatic rings. The number of hydrogen-bond donors (Lipinski definition) is 1. The molecule has 0 radical (unpaired) electrons. The topological polar surface area (TPSA) is 76.6 Å². The van der Waals surface area contributed by atoms with Gasteiger partial charge in [-0.15, -0.1) is 0 Å². The third kappa shape index (κ3) is 3.01. The summed E-state index contributed by atoms with van der Waals surface area (Å²) in [5, 5.41) is 3.43. The molecule has 0 fully saturated rings. The molecular formula is C19H14BrN3O3. The molecule has 0 aliphatic heterocycles. The summed E-state index contributed by atoms with van der Waals surface area (Å²) >= 11 is 3.45. The molecule has 0 aliphatic carbocycles. The van der Waals surface area contributed by atoms with Crippen molar-refractivity contribution >= 4 is 38.5 Å². The molecule has 0 saturated heterocycles. The number of fused-ring (bicyclic) bond motifs is 2. The number of imidazole rings is 1. The average Bonchev–Trinajstić information content (AvgIpc) is 3.02. The Labute approximate surface area is 156 Å². The van der Waals surface area contributed by atoms with Crippen molar-refractivity contribution in [1.82, 2.24) is 14.7 Å². The van der Waals surface area contributed by atoms with Crippen molar-refractivity contribution < 1.29 is 9.21 Å². The zero-order valence-electron chi connectivity index (χ0n) is 13.8. The van der Waals surface area contributed by atoms with Crippen LogP contribution in [0.3, 0.4) is 0 Å². The number of amides is 1. The third-order valence-corrected chi connectivity index (χ3v) is 4.50. The highest BCUT2D eigenvalue weighted by Gasteiger charge is 2.14. The average molecular weight is 412 g/mol. The van der Waals surface area contributed by atoms with E-state index < -0.39 is 11.5 Å². The first-order valence-corrected chi connectivity index (χ1v) is 8.75. The quantitative estimate of drug-likeness (QED) is 0.523. The molecule has 1 amide bonds. The number of hydrogen-bond acceptors (Lipinski definition) is 4. The van der Waals surface area contributed by atoms with E-state index in [1.807, 2.05) is 35.9 Å². The van der Waals surface area contributed by atoms with Gasteiger partial charge in [-0.2, -0.15) is 0 Å². The number of benzene rings is 1. The van der Waals surface area contributed by atoms with Crippen LogP contribution in [0.1, 0.15) is 21.6 Å². The first-order chi connectivity index (χ1) is 12.5. The van der Waals surface area contributed by atoms with Gasteiger partial charge in [0, 0.05) is 22.3 Å². The summed E-state index contributed by atoms with van der Waals surface area (Å²) in [5.74, 6) is -0.487. The Balaban J connectivity index is 1.58. The fourth-order valence-electron chi connectivity index (χ4n) is 2.85. The Kier molecular flexibility index (Phi) is 4.08. The van der Waals surface area contributed by atoms with E-state index in [1.165, 1.54) is 0 Å². The van der Waals surface area contributed by atoms with Gasteiger partial charge >= 0.3 is 5.63 Å². The summed E-state index contributed by atoms with van der Waals surface area (Å²) in [7, 11) is 0. The van der Waals surface area contributed by atoms with Crippen molar-refractivity contribution in [2.75, 3.05) is 0 Å². The monoisotopic (exact) mass is 411 g/mol. The highest BCUT2D eigenvalue weighted by atomic mass is 79.9. The van der Waals surface area contributed by atoms with Crippen LogP contribution >= 0.6 is 15.9 Å². The van der Waals surface area contributed by atoms with E-state index in [4.69, 9.17) is 4.42 Å². The maximum atomic E-state index is 12.4. The van der Waals surface area contributed by atoms with Gasteiger partial charge in [-0.3, -0.25) is 4.79 Å². The van der Waals surface area contributed by atoms with Crippen molar-refractivity contribution in [3.8, 4) is 0 Å². The molecule has 0 bridgehead atoms. The minimum Gasteiger partial charge on any atom is -0.422 e. The van der Waals surface area contributed by atoms with Crippen molar-refractivity contribution in [3.05, 3.63) is 80.5 Å². The van der Waals surface area contributed by atoms with Crippen molar-refractivity contribution in [3.63, 3.8) is 0 Å². The predicted molar refractivity (Wildman–Crippen MR) is 101 cm³/mol. The van der Waals surface area contributed by atoms with Gasteiger partial charge in [-0.1, -0.05) is 18.2 Å². The molecule has 7 heteroatoms. The van der Waals surface area contributed by atoms with Crippen LogP contribution < -0.4 is 10.9 Å². The van der Waals surface area contributed by atoms with Gasteiger partial charge in [0.1, 0.15) is 16.8 Å². The van der Waals surface area contributed by atoms with Crippen LogP contribution in [0.4, 0.5) is 0 Å². The lowest BCUT2D eigenvalue weighted by atomic mass is 10.2. The maximum absolute atomic E-state index is 12.4. The molecule has 3 aromatic heterocycles. The van der Waals surface area contributed by atoms with Crippen LogP contribution in [0.2, 0.25) is 0 Å². The van der Waals surface area contributed by atoms with E-state index >= 15 is 0 Å². The van der Waals surface area contributed by atoms with Crippen molar-refractivity contribution in [2.45, 2.75) is 13.5 Å². The van der Waals surface area contributed by atoms with Gasteiger partial charge < -0.3 is 14.1 Å². The minimum absolute atomic E-state index is 0.0219. The van der Waals surface area contributed by atoms with E-state index in [0.717, 1.165) is 15.7 Å². The molecule has 0 aliphatic rings. The van der Waals surface area contributed by atoms with Gasteiger partial charge in [0.15, 0.2) is 0 Å². The molecule has 6 nitrogen and oxygen atoms in total. The second kappa shape index (κ2) is 6.42. The van der Waals surface area contributed by atoms with E-state index in [9.17, 15) is 9.59 Å². The van der Waals surface area contributed by atoms with Gasteiger partial charge in [-0.25, -0.2) is 9.78 Å². The van der Waals surface area contributed by atoms with E-state index in [1.54, 1.807) is 24.3 Å². The van der Waals surface area contributed by atoms with Crippen LogP contribution in [0.5, 0.6) is 0 Å². The Morgan fingerprint density at radius 1 is 1.27 bits per heavy atom. The lowest BCUT2D eigenvalue weighted by molar-refractivity contribution is 0.0947. The highest BCUT2D eigenvalue weighted by molar-refractivity contribution is 9.10. The van der Waals surface area contributed by atoms with Crippen molar-refractivity contribution in [2.24, 2.45) is 0 Å². The summed E-state index contributed by atoms with van der Waals surface area (Å²) in [6.45, 7) is 2.18. The Bertz CT molecular complexity index is 1210. The number of nitrogens with one attached hydrogen (secondary N) is 1. The fraction of sp³-hybridized carbons (Fsp3) is 0.105. The first-order valence-electron chi connectivity index (χ1n) is 7.96. The zero-order chi connectivity index (χ0) is 18.3. The number of aryl methyl sites for hydroxylation is 1. The molecule has 1 N–H and O–H groups in total. The number of nitrogens with zero attached hydrogens (tertiary/aromatic N) is 2. The normalized spacial score (nSPS) is 11.2. The Hall–Kier alpha value is -2.93. The fourth-order valence-corrected chi connectivity index (χ4v) is 3.41. The molecule has 130 valence electrons. The summed E-state index contributed by atoms with van der Waals surface area (Å²) in [6, 6.07) is 10.6. The molecule has 26 heavy (non-hydrogen) atoms. The zero-order valence-corrected chi connectivity index (χ0v) is 15.4. The second-order valence-corrected chi connectivity index (χ2v) is 6.89. The van der Waals surface area contributed by atoms with Gasteiger partial charge in [0.2, 0.25) is 0 Å². The van der Waals surface area contributed by atoms with Crippen LogP contribution in [-0.2, 0) is 6.54 Å². The summed E-state index contributed by atoms with van der Waals surface area (Å²) < 4.78 is 8.04. The third-order valence-electron chi connectivity index (χ3n) is 4.07. The Morgan fingerprint density at radius 2 is 2.08 bits per heavy atom. The molecule has 3 heterocycles. The van der Waals surface area contributed by atoms with Crippen LogP contribution in [0.15, 0.2) is 62.5 Å². The SMILES string of the molecule is Cc1cc(Br)cn2cc(CNC(=O)c3cc4ccccc4oc3=O)nc12. The number of pyridine rings is 1. The maximum Gasteiger partial charge on any atom is 0.349 e. The summed E-state index contributed by atoms with van der Waals surface area (Å²) in [6.07, 6.45) is 3.74. The standard InChI is InChI=1S/C19H14BrN3O3/c1-11-6-13(20)9-23-10-14(22-17(11)23)8-21-18(24)15-7-12-4-2-3-5-16(12)26-19(15)25/h2-7,9-10H,8H2,1H3,(H,21,24). The minimum atomic E-state index is -0.657. The first kappa shape index (κ1) is 16.5. The number of para-hydroxylation sites is 1. The van der Waals surface area contributed by atoms with E-state index in [2.05, 4.69) is 26.2 Å². The van der Waals surface area contributed by atoms with Gasteiger partial charge in [-0.05, 0) is 46.6 Å². The number of rotatable bonds is 3. The van der Waals surface area contributed by atoms with Crippen molar-refractivity contribution in [1.29, 1.82) is 0 Å². The van der Waals surface area contributed by atoms with E-state index in [0.29, 0.717) is 16.7 Å². The van der Waals surface area contributed by atoms with Crippen LogP contribution in [0.25, 0.3) is 16.6 Å². The predicted octanol–water partition coefficient (Wildman–Crippen LogP) is 3.44. The highest BCUT2D eigenvalue weighted by Crippen LogP contribution is 2.17. The molecule has 0 saturated carbocycles. The largest absolute Gasteiger partial charge is 0.422 e. The number of carbonyl (C=O) groups is 1. The van der Waals surface area contributed by atoms with Crippen LogP contribution in [-0.4, -0.2) is 15.3 Å². The number of carbonyl (C=O) groups excluding carboxylic acids is 1. The number of aromatic nitrogens is 2. The molecule has 0 unspecified atom stereocenters. The molecular weight excluding hydrogens is 398 g/mol. The smallest absolute Gasteiger partial charge is 0.349 e. The lowest BCUT2D eigenvalue weighted by Crippen LogP contribution is -2.27. The van der Waals surface area contributed by atoms with Gasteiger partial charge in [0.05, 0.1) is 12.2 Å². The number of halogens is 1. The molecule has 1 aromatic carbocycles. The van der Waals surface area contributed by atoms with Crippen LogP contribution in [0, 0.1) is 6.92 Å². The van der Waals surface area contributed by atoms with E-state index in [-0.39, 0.29) is 12.1 Å².